The molecule has 0 aromatic heterocycles. The molecule has 244 valence electrons. The summed E-state index contributed by atoms with van der Waals surface area (Å²) < 4.78 is 20.7. The molecule has 0 fully saturated rings. The molecule has 0 aromatic rings. The van der Waals surface area contributed by atoms with E-state index >= 15 is 0 Å². The van der Waals surface area contributed by atoms with E-state index in [-0.39, 0.29) is 48.9 Å². The van der Waals surface area contributed by atoms with E-state index in [1.54, 1.807) is 0 Å². The molecule has 0 aliphatic heterocycles. The summed E-state index contributed by atoms with van der Waals surface area (Å²) in [6.07, 6.45) is 29.2. The maximum Gasteiger partial charge on any atom is 2.00 e. The molecule has 9 heteroatoms. The molecule has 0 amide bonds. The van der Waals surface area contributed by atoms with Crippen molar-refractivity contribution >= 4 is 66.1 Å². The van der Waals surface area contributed by atoms with E-state index in [0.29, 0.717) is 26.4 Å². The van der Waals surface area contributed by atoms with Crippen molar-refractivity contribution in [2.24, 2.45) is 0 Å². The normalized spacial score (nSPS) is 11.1. The van der Waals surface area contributed by atoms with Crippen LogP contribution in [0.4, 0.5) is 0 Å². The van der Waals surface area contributed by atoms with Crippen molar-refractivity contribution in [3.05, 3.63) is 0 Å². The average molecular weight is 748 g/mol. The fourth-order valence-electron chi connectivity index (χ4n) is 4.16. The van der Waals surface area contributed by atoms with Crippen molar-refractivity contribution in [1.29, 1.82) is 0 Å². The van der Waals surface area contributed by atoms with E-state index in [0.717, 1.165) is 25.7 Å². The van der Waals surface area contributed by atoms with Crippen LogP contribution in [0, 0.1) is 0 Å². The van der Waals surface area contributed by atoms with Gasteiger partial charge in [-0.25, -0.2) is 0 Å². The molecule has 0 rings (SSSR count). The Hall–Kier alpha value is 2.19. The number of hydrogen-bond acceptors (Lipinski definition) is 6. The summed E-state index contributed by atoms with van der Waals surface area (Å²) in [7, 11) is -3.77. The molecular weight excluding hydrogens is 680 g/mol. The molecule has 0 aliphatic carbocycles. The van der Waals surface area contributed by atoms with Crippen LogP contribution in [-0.4, -0.2) is 75.3 Å². The van der Waals surface area contributed by atoms with Gasteiger partial charge in [0.05, 0.1) is 43.6 Å². The number of unbranched alkanes of at least 4 members (excludes halogenated alkanes) is 20. The van der Waals surface area contributed by atoms with Crippen molar-refractivity contribution in [3.63, 3.8) is 0 Å². The molecule has 6 nitrogen and oxygen atoms in total. The van der Waals surface area contributed by atoms with Gasteiger partial charge in [-0.15, -0.1) is 0 Å². The quantitative estimate of drug-likeness (QED) is 0.0387. The van der Waals surface area contributed by atoms with Crippen LogP contribution in [0.3, 0.4) is 0 Å². The van der Waals surface area contributed by atoms with Gasteiger partial charge in [0.15, 0.2) is 0 Å². The van der Waals surface area contributed by atoms with E-state index in [2.05, 4.69) is 27.7 Å². The molecule has 0 radical (unpaired) electrons. The van der Waals surface area contributed by atoms with Crippen LogP contribution in [0.2, 0.25) is 0 Å². The van der Waals surface area contributed by atoms with Gasteiger partial charge in [0.1, 0.15) is 0 Å². The smallest absolute Gasteiger partial charge is 0.786 e. The SMILES string of the molecule is CCCCCCCCOP([O-])OCCCCCCCC.CCCCCCCCOP([O-])OCCCCCCCC.[Ba+2]. The van der Waals surface area contributed by atoms with Crippen molar-refractivity contribution in [1.82, 2.24) is 0 Å². The third-order valence-corrected chi connectivity index (χ3v) is 8.35. The van der Waals surface area contributed by atoms with Crippen molar-refractivity contribution in [3.8, 4) is 0 Å². The molecule has 0 unspecified atom stereocenters. The first-order valence-corrected chi connectivity index (χ1v) is 19.3. The summed E-state index contributed by atoms with van der Waals surface area (Å²) in [6.45, 7) is 11.1. The maximum absolute atomic E-state index is 11.4. The van der Waals surface area contributed by atoms with E-state index in [1.807, 2.05) is 0 Å². The fourth-order valence-corrected chi connectivity index (χ4v) is 5.42. The largest absolute Gasteiger partial charge is 2.00 e. The Balaban J connectivity index is -0.000000688. The number of hydrogen-bond donors (Lipinski definition) is 0. The predicted octanol–water partition coefficient (Wildman–Crippen LogP) is 10.3. The van der Waals surface area contributed by atoms with Gasteiger partial charge in [-0.1, -0.05) is 156 Å². The minimum atomic E-state index is -1.89. The van der Waals surface area contributed by atoms with Crippen LogP contribution in [-0.2, 0) is 18.1 Å². The van der Waals surface area contributed by atoms with E-state index in [1.165, 1.54) is 128 Å². The molecule has 0 saturated heterocycles. The van der Waals surface area contributed by atoms with Crippen LogP contribution in [0.5, 0.6) is 0 Å². The Bertz CT molecular complexity index is 367. The van der Waals surface area contributed by atoms with Gasteiger partial charge in [0.2, 0.25) is 0 Å². The first-order valence-electron chi connectivity index (χ1n) is 17.1. The van der Waals surface area contributed by atoms with Gasteiger partial charge < -0.3 is 27.9 Å². The van der Waals surface area contributed by atoms with E-state index in [4.69, 9.17) is 18.1 Å². The van der Waals surface area contributed by atoms with Gasteiger partial charge in [0.25, 0.3) is 0 Å². The van der Waals surface area contributed by atoms with Crippen LogP contribution >= 0.6 is 17.2 Å². The summed E-state index contributed by atoms with van der Waals surface area (Å²) in [5, 5.41) is 0. The first-order chi connectivity index (χ1) is 19.6. The standard InChI is InChI=1S/2C16H34O3P.Ba/c2*1-3-5-7-9-11-13-15-18-20(17)19-16-14-12-10-8-6-4-2;/h2*3-16H2,1-2H3;/q2*-1;+2. The van der Waals surface area contributed by atoms with Crippen LogP contribution in [0.25, 0.3) is 0 Å². The molecule has 0 N–H and O–H groups in total. The molecule has 0 aliphatic rings. The van der Waals surface area contributed by atoms with Gasteiger partial charge in [-0.05, 0) is 25.7 Å². The summed E-state index contributed by atoms with van der Waals surface area (Å²) in [5.74, 6) is 0. The summed E-state index contributed by atoms with van der Waals surface area (Å²) in [6, 6.07) is 0. The van der Waals surface area contributed by atoms with Crippen LogP contribution in [0.15, 0.2) is 0 Å². The number of rotatable bonds is 32. The third kappa shape index (κ3) is 46.7. The topological polar surface area (TPSA) is 83.0 Å². The molecule has 41 heavy (non-hydrogen) atoms. The Labute approximate surface area is 299 Å². The van der Waals surface area contributed by atoms with Crippen LogP contribution in [0.1, 0.15) is 182 Å². The van der Waals surface area contributed by atoms with E-state index < -0.39 is 17.2 Å². The molecule has 0 spiro atoms. The minimum absolute atomic E-state index is 0. The van der Waals surface area contributed by atoms with Gasteiger partial charge >= 0.3 is 48.9 Å². The Morgan fingerprint density at radius 3 is 0.683 bits per heavy atom. The summed E-state index contributed by atoms with van der Waals surface area (Å²) >= 11 is 0. The zero-order valence-corrected chi connectivity index (χ0v) is 34.1. The van der Waals surface area contributed by atoms with Crippen LogP contribution < -0.4 is 9.79 Å². The average Bonchev–Trinajstić information content (AvgIpc) is 2.95. The monoisotopic (exact) mass is 748 g/mol. The molecule has 0 saturated carbocycles. The van der Waals surface area contributed by atoms with Crippen molar-refractivity contribution in [2.75, 3.05) is 26.4 Å². The minimum Gasteiger partial charge on any atom is -0.786 e. The zero-order valence-electron chi connectivity index (χ0n) is 27.9. The van der Waals surface area contributed by atoms with Gasteiger partial charge in [0, 0.05) is 0 Å². The predicted molar refractivity (Wildman–Crippen MR) is 177 cm³/mol. The zero-order chi connectivity index (χ0) is 29.8. The van der Waals surface area contributed by atoms with Crippen molar-refractivity contribution in [2.45, 2.75) is 182 Å². The summed E-state index contributed by atoms with van der Waals surface area (Å²) in [5.41, 5.74) is 0. The first kappa shape index (κ1) is 47.6. The summed E-state index contributed by atoms with van der Waals surface area (Å²) in [4.78, 5) is 22.8. The molecular formula is C32H68BaO6P2. The van der Waals surface area contributed by atoms with Gasteiger partial charge in [-0.2, -0.15) is 0 Å². The second kappa shape index (κ2) is 44.3. The molecule has 0 heterocycles. The Morgan fingerprint density at radius 2 is 0.488 bits per heavy atom. The Morgan fingerprint density at radius 1 is 0.317 bits per heavy atom. The molecule has 0 bridgehead atoms. The third-order valence-electron chi connectivity index (χ3n) is 6.78. The van der Waals surface area contributed by atoms with Gasteiger partial charge in [-0.3, -0.25) is 0 Å². The van der Waals surface area contributed by atoms with E-state index in [9.17, 15) is 9.79 Å². The van der Waals surface area contributed by atoms with Crippen molar-refractivity contribution < 1.29 is 27.9 Å². The fraction of sp³-hybridized carbons (Fsp3) is 1.00. The molecule has 0 aromatic carbocycles. The maximum atomic E-state index is 11.4. The Kier molecular flexibility index (Phi) is 51.4. The second-order valence-electron chi connectivity index (χ2n) is 10.9. The molecule has 0 atom stereocenters. The second-order valence-corrected chi connectivity index (χ2v) is 12.8.